The van der Waals surface area contributed by atoms with Gasteiger partial charge in [-0.25, -0.2) is 0 Å². The van der Waals surface area contributed by atoms with Gasteiger partial charge in [0, 0.05) is 6.92 Å². The van der Waals surface area contributed by atoms with E-state index in [0.717, 1.165) is 6.92 Å². The molecule has 64 valence electrons. The summed E-state index contributed by atoms with van der Waals surface area (Å²) in [5.41, 5.74) is 0. The van der Waals surface area contributed by atoms with Crippen LogP contribution in [0.15, 0.2) is 0 Å². The molecule has 0 saturated heterocycles. The summed E-state index contributed by atoms with van der Waals surface area (Å²) < 4.78 is 4.41. The lowest BCUT2D eigenvalue weighted by atomic mass is 10.3. The molecular formula is C6H11NO4. The maximum atomic E-state index is 10.3. The minimum Gasteiger partial charge on any atom is -0.398 e. The molecule has 0 bridgehead atoms. The molecule has 1 atom stereocenters. The molecule has 0 aromatic rings. The van der Waals surface area contributed by atoms with Gasteiger partial charge in [0.2, 0.25) is 0 Å². The highest BCUT2D eigenvalue weighted by molar-refractivity contribution is 5.65. The molecule has 0 radical (unpaired) electrons. The summed E-state index contributed by atoms with van der Waals surface area (Å²) in [5, 5.41) is 10.2. The van der Waals surface area contributed by atoms with Gasteiger partial charge in [-0.3, -0.25) is 14.9 Å². The summed E-state index contributed by atoms with van der Waals surface area (Å²) in [4.78, 5) is 19.9. The van der Waals surface area contributed by atoms with Crippen molar-refractivity contribution in [3.05, 3.63) is 10.1 Å². The summed E-state index contributed by atoms with van der Waals surface area (Å²) in [5.74, 6) is -0.611. The van der Waals surface area contributed by atoms with E-state index in [1.54, 1.807) is 6.92 Å². The van der Waals surface area contributed by atoms with E-state index in [2.05, 4.69) is 4.74 Å². The van der Waals surface area contributed by atoms with Gasteiger partial charge in [0.05, 0.1) is 11.3 Å². The van der Waals surface area contributed by atoms with Crippen LogP contribution in [0.25, 0.3) is 0 Å². The van der Waals surface area contributed by atoms with Crippen LogP contribution in [0.1, 0.15) is 26.7 Å². The number of ether oxygens (including phenoxy) is 1. The third kappa shape index (κ3) is 4.30. The van der Waals surface area contributed by atoms with E-state index in [1.165, 1.54) is 0 Å². The number of carbonyl (C=O) groups is 1. The Labute approximate surface area is 64.5 Å². The van der Waals surface area contributed by atoms with Gasteiger partial charge in [-0.1, -0.05) is 6.92 Å². The molecule has 0 fully saturated rings. The fourth-order valence-corrected chi connectivity index (χ4v) is 0.646. The number of esters is 1. The molecule has 11 heavy (non-hydrogen) atoms. The van der Waals surface area contributed by atoms with Crippen molar-refractivity contribution >= 4 is 5.97 Å². The smallest absolute Gasteiger partial charge is 0.355 e. The third-order valence-corrected chi connectivity index (χ3v) is 1.07. The van der Waals surface area contributed by atoms with Crippen molar-refractivity contribution in [1.29, 1.82) is 0 Å². The molecule has 0 amide bonds. The first-order valence-electron chi connectivity index (χ1n) is 3.38. The molecule has 0 aromatic heterocycles. The van der Waals surface area contributed by atoms with Crippen molar-refractivity contribution < 1.29 is 14.5 Å². The topological polar surface area (TPSA) is 69.4 Å². The minimum absolute atomic E-state index is 0.270. The first-order valence-corrected chi connectivity index (χ1v) is 3.38. The summed E-state index contributed by atoms with van der Waals surface area (Å²) in [6.45, 7) is 2.95. The Kier molecular flexibility index (Phi) is 4.17. The highest BCUT2D eigenvalue weighted by atomic mass is 16.7. The molecule has 0 N–H and O–H groups in total. The fourth-order valence-electron chi connectivity index (χ4n) is 0.646. The van der Waals surface area contributed by atoms with E-state index in [1.807, 2.05) is 0 Å². The zero-order valence-corrected chi connectivity index (χ0v) is 6.57. The lowest BCUT2D eigenvalue weighted by Crippen LogP contribution is -2.24. The average molecular weight is 161 g/mol. The van der Waals surface area contributed by atoms with Crippen LogP contribution in [0.4, 0.5) is 0 Å². The van der Waals surface area contributed by atoms with Crippen LogP contribution >= 0.6 is 0 Å². The Morgan fingerprint density at radius 2 is 2.27 bits per heavy atom. The zero-order valence-electron chi connectivity index (χ0n) is 6.57. The second-order valence-corrected chi connectivity index (χ2v) is 2.14. The number of nitro groups is 1. The number of nitrogens with zero attached hydrogens (tertiary/aromatic N) is 1. The Morgan fingerprint density at radius 1 is 1.73 bits per heavy atom. The molecule has 0 aliphatic carbocycles. The van der Waals surface area contributed by atoms with Gasteiger partial charge in [0.15, 0.2) is 0 Å². The van der Waals surface area contributed by atoms with Gasteiger partial charge in [-0.2, -0.15) is 0 Å². The van der Waals surface area contributed by atoms with Crippen molar-refractivity contribution in [2.45, 2.75) is 32.9 Å². The van der Waals surface area contributed by atoms with Crippen molar-refractivity contribution in [2.24, 2.45) is 0 Å². The van der Waals surface area contributed by atoms with Crippen molar-refractivity contribution in [3.63, 3.8) is 0 Å². The molecule has 0 aromatic carbocycles. The minimum atomic E-state index is -1.17. The quantitative estimate of drug-likeness (QED) is 0.266. The molecule has 5 heteroatoms. The van der Waals surface area contributed by atoms with Crippen LogP contribution in [0.5, 0.6) is 0 Å². The standard InChI is InChI=1S/C6H11NO4/c1-3-4-6(7(9)10)11-5(2)8/h6H,3-4H2,1-2H3. The van der Waals surface area contributed by atoms with E-state index in [0.29, 0.717) is 6.42 Å². The van der Waals surface area contributed by atoms with Crippen LogP contribution in [0, 0.1) is 10.1 Å². The predicted molar refractivity (Wildman–Crippen MR) is 37.5 cm³/mol. The largest absolute Gasteiger partial charge is 0.398 e. The van der Waals surface area contributed by atoms with E-state index < -0.39 is 17.1 Å². The predicted octanol–water partition coefficient (Wildman–Crippen LogP) is 0.952. The fraction of sp³-hybridized carbons (Fsp3) is 0.833. The van der Waals surface area contributed by atoms with Crippen LogP contribution in [0.2, 0.25) is 0 Å². The van der Waals surface area contributed by atoms with Gasteiger partial charge in [0.25, 0.3) is 0 Å². The van der Waals surface area contributed by atoms with Crippen LogP contribution in [-0.4, -0.2) is 17.1 Å². The normalized spacial score (nSPS) is 12.2. The summed E-state index contributed by atoms with van der Waals surface area (Å²) >= 11 is 0. The first kappa shape index (κ1) is 9.87. The second kappa shape index (κ2) is 4.65. The van der Waals surface area contributed by atoms with Crippen LogP contribution in [0.3, 0.4) is 0 Å². The molecule has 0 saturated carbocycles. The highest BCUT2D eigenvalue weighted by Gasteiger charge is 2.20. The highest BCUT2D eigenvalue weighted by Crippen LogP contribution is 2.02. The van der Waals surface area contributed by atoms with E-state index >= 15 is 0 Å². The van der Waals surface area contributed by atoms with E-state index in [9.17, 15) is 14.9 Å². The lowest BCUT2D eigenvalue weighted by molar-refractivity contribution is -0.568. The molecular weight excluding hydrogens is 150 g/mol. The van der Waals surface area contributed by atoms with Crippen molar-refractivity contribution in [1.82, 2.24) is 0 Å². The van der Waals surface area contributed by atoms with Gasteiger partial charge < -0.3 is 4.74 Å². The van der Waals surface area contributed by atoms with Crippen molar-refractivity contribution in [2.75, 3.05) is 0 Å². The SMILES string of the molecule is CCCC(OC(C)=O)[N+](=O)[O-]. The third-order valence-electron chi connectivity index (χ3n) is 1.07. The molecule has 0 aliphatic heterocycles. The number of hydrogen-bond acceptors (Lipinski definition) is 4. The molecule has 0 rings (SSSR count). The lowest BCUT2D eigenvalue weighted by Gasteiger charge is -2.06. The second-order valence-electron chi connectivity index (χ2n) is 2.14. The molecule has 0 aliphatic rings. The van der Waals surface area contributed by atoms with Crippen molar-refractivity contribution in [3.8, 4) is 0 Å². The maximum Gasteiger partial charge on any atom is 0.355 e. The Morgan fingerprint density at radius 3 is 2.55 bits per heavy atom. The Balaban J connectivity index is 3.89. The Hall–Kier alpha value is -1.13. The average Bonchev–Trinajstić information content (AvgIpc) is 1.86. The van der Waals surface area contributed by atoms with Gasteiger partial charge in [-0.15, -0.1) is 0 Å². The first-order chi connectivity index (χ1) is 5.07. The monoisotopic (exact) mass is 161 g/mol. The van der Waals surface area contributed by atoms with Crippen LogP contribution < -0.4 is 0 Å². The summed E-state index contributed by atoms with van der Waals surface area (Å²) in [6.07, 6.45) is -0.275. The van der Waals surface area contributed by atoms with Crippen LogP contribution in [-0.2, 0) is 9.53 Å². The van der Waals surface area contributed by atoms with Gasteiger partial charge in [-0.05, 0) is 6.42 Å². The number of rotatable bonds is 4. The summed E-state index contributed by atoms with van der Waals surface area (Å²) in [6, 6.07) is 0. The molecule has 0 heterocycles. The molecule has 5 nitrogen and oxygen atoms in total. The van der Waals surface area contributed by atoms with Gasteiger partial charge >= 0.3 is 12.2 Å². The van der Waals surface area contributed by atoms with E-state index in [-0.39, 0.29) is 6.42 Å². The number of carbonyl (C=O) groups excluding carboxylic acids is 1. The van der Waals surface area contributed by atoms with E-state index in [4.69, 9.17) is 0 Å². The Bertz CT molecular complexity index is 157. The summed E-state index contributed by atoms with van der Waals surface area (Å²) in [7, 11) is 0. The molecule has 1 unspecified atom stereocenters. The maximum absolute atomic E-state index is 10.3. The molecule has 0 spiro atoms. The zero-order chi connectivity index (χ0) is 8.85. The van der Waals surface area contributed by atoms with Gasteiger partial charge in [0.1, 0.15) is 0 Å². The number of hydrogen-bond donors (Lipinski definition) is 0.